The summed E-state index contributed by atoms with van der Waals surface area (Å²) < 4.78 is 10.4. The zero-order valence-corrected chi connectivity index (χ0v) is 11.2. The fraction of sp³-hybridized carbons (Fsp3) is 0.500. The number of ether oxygens (including phenoxy) is 2. The van der Waals surface area contributed by atoms with Gasteiger partial charge < -0.3 is 19.9 Å². The zero-order chi connectivity index (χ0) is 13.9. The molecule has 2 N–H and O–H groups in total. The van der Waals surface area contributed by atoms with Crippen LogP contribution in [0.2, 0.25) is 0 Å². The minimum atomic E-state index is -0.0532. The molecule has 5 nitrogen and oxygen atoms in total. The van der Waals surface area contributed by atoms with Crippen LogP contribution in [0, 0.1) is 0 Å². The van der Waals surface area contributed by atoms with Crippen molar-refractivity contribution >= 4 is 11.6 Å². The lowest BCUT2D eigenvalue weighted by Crippen LogP contribution is -2.11. The van der Waals surface area contributed by atoms with Crippen molar-refractivity contribution in [2.75, 3.05) is 32.2 Å². The molecule has 0 aliphatic rings. The average Bonchev–Trinajstić information content (AvgIpc) is 2.40. The molecule has 0 unspecified atom stereocenters. The van der Waals surface area contributed by atoms with E-state index in [2.05, 4.69) is 5.32 Å². The van der Waals surface area contributed by atoms with Gasteiger partial charge in [-0.1, -0.05) is 6.07 Å². The van der Waals surface area contributed by atoms with Crippen LogP contribution < -0.4 is 10.1 Å². The summed E-state index contributed by atoms with van der Waals surface area (Å²) in [5.41, 5.74) is 0.712. The van der Waals surface area contributed by atoms with Crippen LogP contribution in [-0.2, 0) is 9.53 Å². The molecule has 1 aromatic carbocycles. The SMILES string of the molecule is COCCOc1cccc(NC(=O)CCCCO)c1. The average molecular weight is 267 g/mol. The van der Waals surface area contributed by atoms with Gasteiger partial charge in [-0.05, 0) is 25.0 Å². The number of carbonyl (C=O) groups is 1. The monoisotopic (exact) mass is 267 g/mol. The Morgan fingerprint density at radius 1 is 1.32 bits per heavy atom. The van der Waals surface area contributed by atoms with Crippen molar-refractivity contribution in [3.05, 3.63) is 24.3 Å². The normalized spacial score (nSPS) is 10.2. The van der Waals surface area contributed by atoms with Crippen LogP contribution in [0.3, 0.4) is 0 Å². The molecule has 0 atom stereocenters. The number of hydrogen-bond donors (Lipinski definition) is 2. The summed E-state index contributed by atoms with van der Waals surface area (Å²) >= 11 is 0. The van der Waals surface area contributed by atoms with E-state index in [4.69, 9.17) is 14.6 Å². The zero-order valence-electron chi connectivity index (χ0n) is 11.2. The number of aliphatic hydroxyl groups is 1. The topological polar surface area (TPSA) is 67.8 Å². The molecule has 1 amide bonds. The fourth-order valence-corrected chi connectivity index (χ4v) is 1.53. The van der Waals surface area contributed by atoms with Crippen LogP contribution in [-0.4, -0.2) is 37.9 Å². The maximum atomic E-state index is 11.6. The van der Waals surface area contributed by atoms with Gasteiger partial charge in [0.25, 0.3) is 0 Å². The number of unbranched alkanes of at least 4 members (excludes halogenated alkanes) is 1. The van der Waals surface area contributed by atoms with Gasteiger partial charge in [-0.2, -0.15) is 0 Å². The molecule has 1 rings (SSSR count). The largest absolute Gasteiger partial charge is 0.491 e. The molecule has 0 saturated carbocycles. The Labute approximate surface area is 113 Å². The van der Waals surface area contributed by atoms with Gasteiger partial charge in [-0.25, -0.2) is 0 Å². The third kappa shape index (κ3) is 6.79. The molecule has 0 bridgehead atoms. The molecule has 1 aromatic rings. The Hall–Kier alpha value is -1.59. The summed E-state index contributed by atoms with van der Waals surface area (Å²) in [5.74, 6) is 0.646. The smallest absolute Gasteiger partial charge is 0.224 e. The van der Waals surface area contributed by atoms with Crippen molar-refractivity contribution in [3.63, 3.8) is 0 Å². The summed E-state index contributed by atoms with van der Waals surface area (Å²) in [6.07, 6.45) is 1.75. The molecule has 0 heterocycles. The Morgan fingerprint density at radius 2 is 2.16 bits per heavy atom. The van der Waals surface area contributed by atoms with E-state index in [0.717, 1.165) is 0 Å². The van der Waals surface area contributed by atoms with Crippen molar-refractivity contribution in [1.29, 1.82) is 0 Å². The lowest BCUT2D eigenvalue weighted by molar-refractivity contribution is -0.116. The summed E-state index contributed by atoms with van der Waals surface area (Å²) in [5, 5.41) is 11.4. The fourth-order valence-electron chi connectivity index (χ4n) is 1.53. The van der Waals surface area contributed by atoms with Crippen LogP contribution in [0.15, 0.2) is 24.3 Å². The second-order valence-electron chi connectivity index (χ2n) is 4.10. The molecule has 106 valence electrons. The van der Waals surface area contributed by atoms with Crippen LogP contribution >= 0.6 is 0 Å². The molecule has 19 heavy (non-hydrogen) atoms. The second-order valence-corrected chi connectivity index (χ2v) is 4.10. The molecular formula is C14H21NO4. The first kappa shape index (κ1) is 15.5. The highest BCUT2D eigenvalue weighted by Crippen LogP contribution is 2.17. The lowest BCUT2D eigenvalue weighted by Gasteiger charge is -2.08. The van der Waals surface area contributed by atoms with Gasteiger partial charge in [-0.15, -0.1) is 0 Å². The van der Waals surface area contributed by atoms with E-state index in [9.17, 15) is 4.79 Å². The number of hydrogen-bond acceptors (Lipinski definition) is 4. The lowest BCUT2D eigenvalue weighted by atomic mass is 10.2. The van der Waals surface area contributed by atoms with Crippen molar-refractivity contribution in [2.45, 2.75) is 19.3 Å². The summed E-state index contributed by atoms with van der Waals surface area (Å²) in [6.45, 7) is 1.12. The Bertz CT molecular complexity index is 381. The molecule has 5 heteroatoms. The van der Waals surface area contributed by atoms with E-state index in [1.54, 1.807) is 13.2 Å². The number of methoxy groups -OCH3 is 1. The Kier molecular flexibility index (Phi) is 7.62. The minimum absolute atomic E-state index is 0.0532. The molecule has 0 aliphatic carbocycles. The first-order valence-electron chi connectivity index (χ1n) is 6.38. The number of anilines is 1. The third-order valence-corrected chi connectivity index (χ3v) is 2.49. The standard InChI is InChI=1S/C14H21NO4/c1-18-9-10-19-13-6-4-5-12(11-13)15-14(17)7-2-3-8-16/h4-6,11,16H,2-3,7-10H2,1H3,(H,15,17). The molecule has 0 fully saturated rings. The number of rotatable bonds is 9. The van der Waals surface area contributed by atoms with E-state index in [1.807, 2.05) is 18.2 Å². The highest BCUT2D eigenvalue weighted by Gasteiger charge is 2.03. The van der Waals surface area contributed by atoms with Crippen molar-refractivity contribution < 1.29 is 19.4 Å². The van der Waals surface area contributed by atoms with Crippen LogP contribution in [0.1, 0.15) is 19.3 Å². The molecule has 0 radical (unpaired) electrons. The molecule has 0 saturated heterocycles. The second kappa shape index (κ2) is 9.35. The molecule has 0 aromatic heterocycles. The van der Waals surface area contributed by atoms with Gasteiger partial charge in [0.2, 0.25) is 5.91 Å². The molecule has 0 spiro atoms. The highest BCUT2D eigenvalue weighted by molar-refractivity contribution is 5.90. The number of nitrogens with one attached hydrogen (secondary N) is 1. The van der Waals surface area contributed by atoms with Crippen molar-refractivity contribution in [1.82, 2.24) is 0 Å². The number of amides is 1. The van der Waals surface area contributed by atoms with E-state index in [1.165, 1.54) is 0 Å². The van der Waals surface area contributed by atoms with Gasteiger partial charge in [0.15, 0.2) is 0 Å². The highest BCUT2D eigenvalue weighted by atomic mass is 16.5. The van der Waals surface area contributed by atoms with E-state index in [0.29, 0.717) is 43.9 Å². The first-order valence-corrected chi connectivity index (χ1v) is 6.38. The van der Waals surface area contributed by atoms with Crippen LogP contribution in [0.25, 0.3) is 0 Å². The maximum absolute atomic E-state index is 11.6. The Balaban J connectivity index is 2.40. The van der Waals surface area contributed by atoms with E-state index in [-0.39, 0.29) is 12.5 Å². The molecule has 0 aliphatic heterocycles. The summed E-state index contributed by atoms with van der Waals surface area (Å²) in [6, 6.07) is 7.25. The van der Waals surface area contributed by atoms with Crippen molar-refractivity contribution in [2.24, 2.45) is 0 Å². The minimum Gasteiger partial charge on any atom is -0.491 e. The maximum Gasteiger partial charge on any atom is 0.224 e. The van der Waals surface area contributed by atoms with Crippen molar-refractivity contribution in [3.8, 4) is 5.75 Å². The predicted octanol–water partition coefficient (Wildman–Crippen LogP) is 1.81. The van der Waals surface area contributed by atoms with Gasteiger partial charge in [-0.3, -0.25) is 4.79 Å². The summed E-state index contributed by atoms with van der Waals surface area (Å²) in [7, 11) is 1.62. The third-order valence-electron chi connectivity index (χ3n) is 2.49. The van der Waals surface area contributed by atoms with Gasteiger partial charge in [0.1, 0.15) is 12.4 Å². The number of benzene rings is 1. The predicted molar refractivity (Wildman–Crippen MR) is 73.4 cm³/mol. The van der Waals surface area contributed by atoms with E-state index >= 15 is 0 Å². The summed E-state index contributed by atoms with van der Waals surface area (Å²) in [4.78, 5) is 11.6. The van der Waals surface area contributed by atoms with Gasteiger partial charge >= 0.3 is 0 Å². The van der Waals surface area contributed by atoms with Crippen LogP contribution in [0.4, 0.5) is 5.69 Å². The Morgan fingerprint density at radius 3 is 2.89 bits per heavy atom. The number of carbonyl (C=O) groups excluding carboxylic acids is 1. The van der Waals surface area contributed by atoms with Gasteiger partial charge in [0.05, 0.1) is 6.61 Å². The van der Waals surface area contributed by atoms with E-state index < -0.39 is 0 Å². The quantitative estimate of drug-likeness (QED) is 0.670. The van der Waals surface area contributed by atoms with Gasteiger partial charge in [0, 0.05) is 31.9 Å². The van der Waals surface area contributed by atoms with Crippen LogP contribution in [0.5, 0.6) is 5.75 Å². The first-order chi connectivity index (χ1) is 9.26. The number of aliphatic hydroxyl groups excluding tert-OH is 1. The molecular weight excluding hydrogens is 246 g/mol.